The van der Waals surface area contributed by atoms with E-state index in [4.69, 9.17) is 0 Å². The number of amides is 2. The first kappa shape index (κ1) is 17.9. The SMILES string of the molecule is CC(=O)Nc1ccc2c(c1)CN(C(=O)c1cc(=O)[nH]c3cc(F)ccc13)CC2. The second kappa shape index (κ2) is 6.92. The van der Waals surface area contributed by atoms with Crippen molar-refractivity contribution < 1.29 is 14.0 Å². The highest BCUT2D eigenvalue weighted by molar-refractivity contribution is 6.06. The first-order valence-electron chi connectivity index (χ1n) is 8.92. The standard InChI is InChI=1S/C21H18FN3O3/c1-12(26)23-16-4-2-13-6-7-25(11-14(13)8-16)21(28)18-10-20(27)24-19-9-15(22)3-5-17(18)19/h2-5,8-10H,6-7,11H2,1H3,(H,23,26)(H,24,27). The molecule has 7 heteroatoms. The third-order valence-electron chi connectivity index (χ3n) is 4.86. The highest BCUT2D eigenvalue weighted by atomic mass is 19.1. The highest BCUT2D eigenvalue weighted by Gasteiger charge is 2.24. The van der Waals surface area contributed by atoms with Crippen molar-refractivity contribution in [2.75, 3.05) is 11.9 Å². The van der Waals surface area contributed by atoms with Gasteiger partial charge in [-0.25, -0.2) is 4.39 Å². The van der Waals surface area contributed by atoms with Crippen LogP contribution in [-0.2, 0) is 17.8 Å². The molecule has 0 radical (unpaired) electrons. The number of fused-ring (bicyclic) bond motifs is 2. The lowest BCUT2D eigenvalue weighted by atomic mass is 9.98. The third kappa shape index (κ3) is 3.38. The molecular formula is C21H18FN3O3. The second-order valence-corrected chi connectivity index (χ2v) is 6.88. The summed E-state index contributed by atoms with van der Waals surface area (Å²) in [4.78, 5) is 40.6. The number of aromatic nitrogens is 1. The molecule has 2 amide bonds. The molecule has 0 saturated heterocycles. The maximum Gasteiger partial charge on any atom is 0.255 e. The molecule has 4 rings (SSSR count). The van der Waals surface area contributed by atoms with Crippen LogP contribution in [0.5, 0.6) is 0 Å². The van der Waals surface area contributed by atoms with Crippen molar-refractivity contribution >= 4 is 28.4 Å². The third-order valence-corrected chi connectivity index (χ3v) is 4.86. The maximum atomic E-state index is 13.5. The Balaban J connectivity index is 1.68. The molecule has 28 heavy (non-hydrogen) atoms. The van der Waals surface area contributed by atoms with Crippen molar-refractivity contribution in [1.82, 2.24) is 9.88 Å². The van der Waals surface area contributed by atoms with Crippen molar-refractivity contribution in [3.63, 3.8) is 0 Å². The molecule has 142 valence electrons. The monoisotopic (exact) mass is 379 g/mol. The van der Waals surface area contributed by atoms with E-state index >= 15 is 0 Å². The number of aromatic amines is 1. The Morgan fingerprint density at radius 1 is 1.11 bits per heavy atom. The predicted molar refractivity (Wildman–Crippen MR) is 104 cm³/mol. The largest absolute Gasteiger partial charge is 0.334 e. The Kier molecular flexibility index (Phi) is 4.43. The molecule has 2 aromatic carbocycles. The lowest BCUT2D eigenvalue weighted by molar-refractivity contribution is -0.114. The van der Waals surface area contributed by atoms with Gasteiger partial charge in [0, 0.05) is 37.2 Å². The van der Waals surface area contributed by atoms with Crippen LogP contribution >= 0.6 is 0 Å². The van der Waals surface area contributed by atoms with Crippen LogP contribution < -0.4 is 10.9 Å². The summed E-state index contributed by atoms with van der Waals surface area (Å²) in [6.07, 6.45) is 0.678. The zero-order chi connectivity index (χ0) is 19.8. The fourth-order valence-corrected chi connectivity index (χ4v) is 3.59. The summed E-state index contributed by atoms with van der Waals surface area (Å²) in [6, 6.07) is 10.9. The van der Waals surface area contributed by atoms with E-state index < -0.39 is 11.4 Å². The Labute approximate surface area is 160 Å². The molecule has 0 fully saturated rings. The molecule has 2 N–H and O–H groups in total. The predicted octanol–water partition coefficient (Wildman–Crippen LogP) is 2.82. The molecule has 0 saturated carbocycles. The van der Waals surface area contributed by atoms with Gasteiger partial charge in [0.05, 0.1) is 11.1 Å². The molecule has 0 aliphatic carbocycles. The van der Waals surface area contributed by atoms with E-state index in [0.29, 0.717) is 36.1 Å². The van der Waals surface area contributed by atoms with Crippen LogP contribution in [0, 0.1) is 5.82 Å². The minimum Gasteiger partial charge on any atom is -0.334 e. The average Bonchev–Trinajstić information content (AvgIpc) is 2.65. The van der Waals surface area contributed by atoms with Gasteiger partial charge in [0.1, 0.15) is 5.82 Å². The van der Waals surface area contributed by atoms with Gasteiger partial charge < -0.3 is 15.2 Å². The number of hydrogen-bond acceptors (Lipinski definition) is 3. The van der Waals surface area contributed by atoms with Gasteiger partial charge in [0.15, 0.2) is 0 Å². The number of H-pyrrole nitrogens is 1. The molecular weight excluding hydrogens is 361 g/mol. The van der Waals surface area contributed by atoms with Crippen molar-refractivity contribution in [2.45, 2.75) is 19.9 Å². The summed E-state index contributed by atoms with van der Waals surface area (Å²) in [5.41, 5.74) is 2.84. The van der Waals surface area contributed by atoms with E-state index in [1.807, 2.05) is 18.2 Å². The van der Waals surface area contributed by atoms with Gasteiger partial charge in [-0.2, -0.15) is 0 Å². The zero-order valence-electron chi connectivity index (χ0n) is 15.2. The van der Waals surface area contributed by atoms with Crippen LogP contribution in [0.4, 0.5) is 10.1 Å². The highest BCUT2D eigenvalue weighted by Crippen LogP contribution is 2.25. The number of rotatable bonds is 2. The number of anilines is 1. The minimum absolute atomic E-state index is 0.161. The van der Waals surface area contributed by atoms with Crippen LogP contribution in [0.2, 0.25) is 0 Å². The smallest absolute Gasteiger partial charge is 0.255 e. The van der Waals surface area contributed by atoms with E-state index in [0.717, 1.165) is 11.1 Å². The number of hydrogen-bond donors (Lipinski definition) is 2. The van der Waals surface area contributed by atoms with Gasteiger partial charge >= 0.3 is 0 Å². The lowest BCUT2D eigenvalue weighted by Gasteiger charge is -2.29. The van der Waals surface area contributed by atoms with Gasteiger partial charge in [0.25, 0.3) is 5.91 Å². The summed E-state index contributed by atoms with van der Waals surface area (Å²) in [5.74, 6) is -0.922. The molecule has 0 bridgehead atoms. The lowest BCUT2D eigenvalue weighted by Crippen LogP contribution is -2.36. The molecule has 0 unspecified atom stereocenters. The quantitative estimate of drug-likeness (QED) is 0.718. The second-order valence-electron chi connectivity index (χ2n) is 6.88. The Morgan fingerprint density at radius 2 is 1.93 bits per heavy atom. The summed E-state index contributed by atoms with van der Waals surface area (Å²) in [5, 5.41) is 3.25. The Bertz CT molecular complexity index is 1170. The van der Waals surface area contributed by atoms with Crippen LogP contribution in [-0.4, -0.2) is 28.2 Å². The van der Waals surface area contributed by atoms with Gasteiger partial charge in [-0.3, -0.25) is 14.4 Å². The molecule has 6 nitrogen and oxygen atoms in total. The first-order valence-corrected chi connectivity index (χ1v) is 8.92. The van der Waals surface area contributed by atoms with Crippen LogP contribution in [0.1, 0.15) is 28.4 Å². The van der Waals surface area contributed by atoms with Gasteiger partial charge in [-0.1, -0.05) is 6.07 Å². The van der Waals surface area contributed by atoms with Gasteiger partial charge in [-0.05, 0) is 47.9 Å². The molecule has 1 aliphatic heterocycles. The number of pyridine rings is 1. The number of carbonyl (C=O) groups is 2. The summed E-state index contributed by atoms with van der Waals surface area (Å²) < 4.78 is 13.5. The van der Waals surface area contributed by atoms with Crippen LogP contribution in [0.3, 0.4) is 0 Å². The molecule has 0 atom stereocenters. The van der Waals surface area contributed by atoms with E-state index in [2.05, 4.69) is 10.3 Å². The van der Waals surface area contributed by atoms with E-state index in [1.54, 1.807) is 4.90 Å². The van der Waals surface area contributed by atoms with Crippen molar-refractivity contribution in [3.8, 4) is 0 Å². The number of benzene rings is 2. The fraction of sp³-hybridized carbons (Fsp3) is 0.190. The normalized spacial score (nSPS) is 13.3. The van der Waals surface area contributed by atoms with Crippen LogP contribution in [0.25, 0.3) is 10.9 Å². The fourth-order valence-electron chi connectivity index (χ4n) is 3.59. The number of halogens is 1. The van der Waals surface area contributed by atoms with Crippen molar-refractivity contribution in [2.24, 2.45) is 0 Å². The maximum absolute atomic E-state index is 13.5. The summed E-state index contributed by atoms with van der Waals surface area (Å²) >= 11 is 0. The first-order chi connectivity index (χ1) is 13.4. The minimum atomic E-state index is -0.481. The zero-order valence-corrected chi connectivity index (χ0v) is 15.2. The average molecular weight is 379 g/mol. The Hall–Kier alpha value is -3.48. The van der Waals surface area contributed by atoms with E-state index in [1.165, 1.54) is 31.2 Å². The number of nitrogens with zero attached hydrogens (tertiary/aromatic N) is 1. The van der Waals surface area contributed by atoms with E-state index in [-0.39, 0.29) is 17.4 Å². The number of carbonyl (C=O) groups excluding carboxylic acids is 2. The molecule has 2 heterocycles. The van der Waals surface area contributed by atoms with Crippen LogP contribution in [0.15, 0.2) is 47.3 Å². The molecule has 0 spiro atoms. The van der Waals surface area contributed by atoms with Gasteiger partial charge in [-0.15, -0.1) is 0 Å². The molecule has 3 aromatic rings. The topological polar surface area (TPSA) is 82.3 Å². The molecule has 1 aromatic heterocycles. The summed E-state index contributed by atoms with van der Waals surface area (Å²) in [7, 11) is 0. The Morgan fingerprint density at radius 3 is 2.71 bits per heavy atom. The summed E-state index contributed by atoms with van der Waals surface area (Å²) in [6.45, 7) is 2.33. The van der Waals surface area contributed by atoms with Crippen molar-refractivity contribution in [1.29, 1.82) is 0 Å². The van der Waals surface area contributed by atoms with Crippen molar-refractivity contribution in [3.05, 3.63) is 75.3 Å². The van der Waals surface area contributed by atoms with E-state index in [9.17, 15) is 18.8 Å². The van der Waals surface area contributed by atoms with Gasteiger partial charge in [0.2, 0.25) is 11.5 Å². The molecule has 1 aliphatic rings. The number of nitrogens with one attached hydrogen (secondary N) is 2.